The largest absolute Gasteiger partial charge is 0.384 e. The Hall–Kier alpha value is -1.66. The Bertz CT molecular complexity index is 450. The lowest BCUT2D eigenvalue weighted by Gasteiger charge is -2.37. The molecule has 2 rings (SSSR count). The number of carbonyl (C=O) groups is 1. The third-order valence-electron chi connectivity index (χ3n) is 3.52. The Morgan fingerprint density at radius 3 is 3.05 bits per heavy atom. The number of nitrogens with two attached hydrogens (primary N) is 1. The van der Waals surface area contributed by atoms with E-state index in [1.165, 1.54) is 0 Å². The molecule has 3 N–H and O–H groups in total. The molecule has 1 aliphatic rings. The number of pyridine rings is 1. The highest BCUT2D eigenvalue weighted by Gasteiger charge is 2.22. The van der Waals surface area contributed by atoms with E-state index in [2.05, 4.69) is 34.2 Å². The van der Waals surface area contributed by atoms with Crippen LogP contribution in [0.2, 0.25) is 0 Å². The Kier molecular flexibility index (Phi) is 4.34. The molecule has 2 heterocycles. The minimum atomic E-state index is -0.101. The van der Waals surface area contributed by atoms with Crippen LogP contribution in [0.25, 0.3) is 0 Å². The fourth-order valence-electron chi connectivity index (χ4n) is 2.22. The third-order valence-corrected chi connectivity index (χ3v) is 3.52. The van der Waals surface area contributed by atoms with Gasteiger partial charge in [-0.05, 0) is 26.2 Å². The zero-order chi connectivity index (χ0) is 13.8. The van der Waals surface area contributed by atoms with E-state index in [4.69, 9.17) is 5.73 Å². The van der Waals surface area contributed by atoms with Crippen LogP contribution >= 0.6 is 0 Å². The molecular weight excluding hydrogens is 242 g/mol. The van der Waals surface area contributed by atoms with Crippen molar-refractivity contribution < 1.29 is 4.79 Å². The first-order valence-corrected chi connectivity index (χ1v) is 6.45. The maximum Gasteiger partial charge on any atom is 0.251 e. The summed E-state index contributed by atoms with van der Waals surface area (Å²) >= 11 is 0. The molecular formula is C13H21N5O. The summed E-state index contributed by atoms with van der Waals surface area (Å²) in [5, 5.41) is 2.96. The molecule has 1 aliphatic heterocycles. The molecule has 0 saturated carbocycles. The van der Waals surface area contributed by atoms with Crippen LogP contribution in [-0.2, 0) is 0 Å². The summed E-state index contributed by atoms with van der Waals surface area (Å²) in [5.74, 6) is 0.262. The van der Waals surface area contributed by atoms with Crippen molar-refractivity contribution in [2.24, 2.45) is 0 Å². The smallest absolute Gasteiger partial charge is 0.251 e. The Morgan fingerprint density at radius 1 is 1.53 bits per heavy atom. The van der Waals surface area contributed by atoms with E-state index in [9.17, 15) is 4.79 Å². The van der Waals surface area contributed by atoms with Gasteiger partial charge in [-0.2, -0.15) is 0 Å². The van der Waals surface area contributed by atoms with Crippen molar-refractivity contribution in [2.45, 2.75) is 6.04 Å². The summed E-state index contributed by atoms with van der Waals surface area (Å²) in [6, 6.07) is 3.61. The molecule has 1 amide bonds. The molecule has 6 heteroatoms. The number of anilines is 1. The molecule has 19 heavy (non-hydrogen) atoms. The van der Waals surface area contributed by atoms with E-state index in [1.807, 2.05) is 0 Å². The number of hydrogen-bond donors (Lipinski definition) is 2. The van der Waals surface area contributed by atoms with Crippen LogP contribution in [0.15, 0.2) is 18.3 Å². The first-order chi connectivity index (χ1) is 9.06. The monoisotopic (exact) mass is 263 g/mol. The molecule has 0 radical (unpaired) electrons. The number of rotatable bonds is 3. The Balaban J connectivity index is 1.89. The predicted octanol–water partition coefficient (Wildman–Crippen LogP) is -0.361. The van der Waals surface area contributed by atoms with Crippen LogP contribution in [-0.4, -0.2) is 67.0 Å². The fourth-order valence-corrected chi connectivity index (χ4v) is 2.22. The van der Waals surface area contributed by atoms with E-state index in [0.29, 0.717) is 24.0 Å². The predicted molar refractivity (Wildman–Crippen MR) is 74.9 cm³/mol. The van der Waals surface area contributed by atoms with Gasteiger partial charge < -0.3 is 16.0 Å². The first-order valence-electron chi connectivity index (χ1n) is 6.45. The molecule has 1 unspecified atom stereocenters. The van der Waals surface area contributed by atoms with Gasteiger partial charge in [-0.25, -0.2) is 4.98 Å². The first kappa shape index (κ1) is 13.8. The van der Waals surface area contributed by atoms with Crippen molar-refractivity contribution in [1.29, 1.82) is 0 Å². The van der Waals surface area contributed by atoms with Crippen molar-refractivity contribution in [2.75, 3.05) is 46.0 Å². The molecule has 1 saturated heterocycles. The van der Waals surface area contributed by atoms with Gasteiger partial charge in [0.25, 0.3) is 5.91 Å². The highest BCUT2D eigenvalue weighted by Crippen LogP contribution is 2.06. The van der Waals surface area contributed by atoms with E-state index in [-0.39, 0.29) is 5.91 Å². The topological polar surface area (TPSA) is 74.5 Å². The summed E-state index contributed by atoms with van der Waals surface area (Å²) < 4.78 is 0. The quantitative estimate of drug-likeness (QED) is 0.779. The normalized spacial score (nSPS) is 21.3. The number of amides is 1. The number of hydrogen-bond acceptors (Lipinski definition) is 5. The second kappa shape index (κ2) is 5.99. The number of nitrogen functional groups attached to an aromatic ring is 1. The van der Waals surface area contributed by atoms with Crippen LogP contribution in [0.4, 0.5) is 5.82 Å². The summed E-state index contributed by atoms with van der Waals surface area (Å²) in [5.41, 5.74) is 6.12. The highest BCUT2D eigenvalue weighted by molar-refractivity contribution is 5.94. The van der Waals surface area contributed by atoms with E-state index in [1.54, 1.807) is 18.3 Å². The molecule has 0 aromatic carbocycles. The molecule has 6 nitrogen and oxygen atoms in total. The van der Waals surface area contributed by atoms with Gasteiger partial charge in [0.2, 0.25) is 0 Å². The van der Waals surface area contributed by atoms with Crippen molar-refractivity contribution in [3.63, 3.8) is 0 Å². The van der Waals surface area contributed by atoms with Gasteiger partial charge in [0.15, 0.2) is 0 Å². The number of nitrogens with zero attached hydrogens (tertiary/aromatic N) is 3. The van der Waals surface area contributed by atoms with E-state index >= 15 is 0 Å². The Morgan fingerprint density at radius 2 is 2.32 bits per heavy atom. The van der Waals surface area contributed by atoms with Crippen LogP contribution in [0.5, 0.6) is 0 Å². The lowest BCUT2D eigenvalue weighted by Crippen LogP contribution is -2.54. The Labute approximate surface area is 113 Å². The van der Waals surface area contributed by atoms with Gasteiger partial charge in [0, 0.05) is 44.0 Å². The van der Waals surface area contributed by atoms with E-state index < -0.39 is 0 Å². The van der Waals surface area contributed by atoms with Gasteiger partial charge in [0.05, 0.1) is 0 Å². The molecule has 0 spiro atoms. The van der Waals surface area contributed by atoms with Gasteiger partial charge in [-0.3, -0.25) is 9.69 Å². The summed E-state index contributed by atoms with van der Waals surface area (Å²) in [7, 11) is 4.19. The van der Waals surface area contributed by atoms with Gasteiger partial charge in [-0.1, -0.05) is 0 Å². The zero-order valence-corrected chi connectivity index (χ0v) is 11.5. The van der Waals surface area contributed by atoms with Crippen molar-refractivity contribution in [3.8, 4) is 0 Å². The van der Waals surface area contributed by atoms with Crippen molar-refractivity contribution >= 4 is 11.7 Å². The lowest BCUT2D eigenvalue weighted by molar-refractivity contribution is 0.0881. The summed E-state index contributed by atoms with van der Waals surface area (Å²) in [6.07, 6.45) is 1.55. The van der Waals surface area contributed by atoms with Crippen LogP contribution in [0.1, 0.15) is 10.4 Å². The highest BCUT2D eigenvalue weighted by atomic mass is 16.1. The molecule has 104 valence electrons. The van der Waals surface area contributed by atoms with Crippen molar-refractivity contribution in [3.05, 3.63) is 23.9 Å². The zero-order valence-electron chi connectivity index (χ0n) is 11.5. The molecule has 1 fully saturated rings. The van der Waals surface area contributed by atoms with Crippen molar-refractivity contribution in [1.82, 2.24) is 20.1 Å². The summed E-state index contributed by atoms with van der Waals surface area (Å²) in [4.78, 5) is 20.4. The number of piperazine rings is 1. The number of likely N-dealkylation sites (N-methyl/N-ethyl adjacent to an activating group) is 2. The molecule has 0 bridgehead atoms. The second-order valence-electron chi connectivity index (χ2n) is 5.08. The van der Waals surface area contributed by atoms with Gasteiger partial charge >= 0.3 is 0 Å². The van der Waals surface area contributed by atoms with Gasteiger partial charge in [-0.15, -0.1) is 0 Å². The molecule has 1 aromatic heterocycles. The third kappa shape index (κ3) is 3.65. The maximum absolute atomic E-state index is 12.0. The standard InChI is InChI=1S/C13H21N5O/c1-17-5-6-18(2)11(9-17)8-16-13(19)10-3-4-15-12(14)7-10/h3-4,7,11H,5-6,8-9H2,1-2H3,(H2,14,15)(H,16,19). The van der Waals surface area contributed by atoms with Gasteiger partial charge in [0.1, 0.15) is 5.82 Å². The fraction of sp³-hybridized carbons (Fsp3) is 0.538. The minimum absolute atomic E-state index is 0.101. The SMILES string of the molecule is CN1CCN(C)C(CNC(=O)c2ccnc(N)c2)C1. The maximum atomic E-state index is 12.0. The van der Waals surface area contributed by atoms with E-state index in [0.717, 1.165) is 19.6 Å². The van der Waals surface area contributed by atoms with Crippen LogP contribution in [0, 0.1) is 0 Å². The molecule has 1 aromatic rings. The molecule has 0 aliphatic carbocycles. The lowest BCUT2D eigenvalue weighted by atomic mass is 10.1. The number of aromatic nitrogens is 1. The average Bonchev–Trinajstić information content (AvgIpc) is 2.39. The molecule has 1 atom stereocenters. The van der Waals surface area contributed by atoms with Crippen LogP contribution in [0.3, 0.4) is 0 Å². The number of carbonyl (C=O) groups excluding carboxylic acids is 1. The number of nitrogens with one attached hydrogen (secondary N) is 1. The minimum Gasteiger partial charge on any atom is -0.384 e. The average molecular weight is 263 g/mol. The second-order valence-corrected chi connectivity index (χ2v) is 5.08. The summed E-state index contributed by atoms with van der Waals surface area (Å²) in [6.45, 7) is 3.71. The van der Waals surface area contributed by atoms with Crippen LogP contribution < -0.4 is 11.1 Å².